The Labute approximate surface area is 104 Å². The predicted octanol–water partition coefficient (Wildman–Crippen LogP) is 3.07. The molecule has 5 heteroatoms. The molecule has 0 aromatic carbocycles. The molecular formula is C11H15N3S2. The van der Waals surface area contributed by atoms with Gasteiger partial charge >= 0.3 is 0 Å². The van der Waals surface area contributed by atoms with Crippen LogP contribution in [0.25, 0.3) is 0 Å². The van der Waals surface area contributed by atoms with Crippen LogP contribution in [0.1, 0.15) is 32.7 Å². The Bertz CT molecular complexity index is 461. The van der Waals surface area contributed by atoms with E-state index in [0.29, 0.717) is 6.04 Å². The number of nitrogens with one attached hydrogen (secondary N) is 1. The van der Waals surface area contributed by atoms with Gasteiger partial charge in [-0.2, -0.15) is 0 Å². The fourth-order valence-electron chi connectivity index (χ4n) is 1.44. The molecule has 1 atom stereocenters. The average Bonchev–Trinajstić information content (AvgIpc) is 2.84. The molecule has 0 aliphatic heterocycles. The third-order valence-electron chi connectivity index (χ3n) is 2.32. The molecule has 0 spiro atoms. The van der Waals surface area contributed by atoms with Gasteiger partial charge in [0, 0.05) is 15.8 Å². The largest absolute Gasteiger partial charge is 0.303 e. The normalized spacial score (nSPS) is 12.9. The van der Waals surface area contributed by atoms with E-state index in [1.165, 1.54) is 9.75 Å². The van der Waals surface area contributed by atoms with Crippen LogP contribution in [0.4, 0.5) is 0 Å². The lowest BCUT2D eigenvalue weighted by Gasteiger charge is -2.09. The van der Waals surface area contributed by atoms with Crippen LogP contribution in [0.15, 0.2) is 12.1 Å². The van der Waals surface area contributed by atoms with Gasteiger partial charge in [-0.25, -0.2) is 0 Å². The molecule has 0 saturated heterocycles. The lowest BCUT2D eigenvalue weighted by molar-refractivity contribution is 0.579. The van der Waals surface area contributed by atoms with Gasteiger partial charge in [-0.05, 0) is 32.9 Å². The Morgan fingerprint density at radius 1 is 1.25 bits per heavy atom. The van der Waals surface area contributed by atoms with E-state index in [1.54, 1.807) is 11.3 Å². The van der Waals surface area contributed by atoms with Gasteiger partial charge in [0.25, 0.3) is 0 Å². The third-order valence-corrected chi connectivity index (χ3v) is 4.34. The first kappa shape index (κ1) is 11.7. The number of rotatable bonds is 4. The maximum atomic E-state index is 4.10. The van der Waals surface area contributed by atoms with Crippen LogP contribution in [-0.2, 0) is 6.54 Å². The molecule has 0 aliphatic carbocycles. The molecule has 0 radical (unpaired) electrons. The molecule has 1 N–H and O–H groups in total. The fourth-order valence-corrected chi connectivity index (χ4v) is 3.00. The van der Waals surface area contributed by atoms with Crippen molar-refractivity contribution in [2.24, 2.45) is 0 Å². The maximum absolute atomic E-state index is 4.10. The number of nitrogens with zero attached hydrogens (tertiary/aromatic N) is 2. The first-order chi connectivity index (χ1) is 7.65. The number of thiophene rings is 1. The minimum Gasteiger partial charge on any atom is -0.303 e. The quantitative estimate of drug-likeness (QED) is 0.910. The highest BCUT2D eigenvalue weighted by molar-refractivity contribution is 7.12. The van der Waals surface area contributed by atoms with E-state index in [2.05, 4.69) is 41.5 Å². The van der Waals surface area contributed by atoms with E-state index in [9.17, 15) is 0 Å². The number of hydrogen-bond acceptors (Lipinski definition) is 5. The lowest BCUT2D eigenvalue weighted by Crippen LogP contribution is -2.16. The Balaban J connectivity index is 1.91. The molecule has 2 heterocycles. The van der Waals surface area contributed by atoms with Crippen LogP contribution >= 0.6 is 22.7 Å². The van der Waals surface area contributed by atoms with E-state index in [1.807, 2.05) is 18.3 Å². The van der Waals surface area contributed by atoms with E-state index < -0.39 is 0 Å². The summed E-state index contributed by atoms with van der Waals surface area (Å²) in [5.74, 6) is 0. The topological polar surface area (TPSA) is 37.8 Å². The first-order valence-electron chi connectivity index (χ1n) is 5.24. The van der Waals surface area contributed by atoms with Crippen molar-refractivity contribution in [1.82, 2.24) is 15.5 Å². The summed E-state index contributed by atoms with van der Waals surface area (Å²) in [5, 5.41) is 13.6. The van der Waals surface area contributed by atoms with Crippen molar-refractivity contribution in [3.05, 3.63) is 31.9 Å². The van der Waals surface area contributed by atoms with Crippen molar-refractivity contribution in [1.29, 1.82) is 0 Å². The summed E-state index contributed by atoms with van der Waals surface area (Å²) in [6, 6.07) is 4.72. The molecule has 0 amide bonds. The molecule has 0 aliphatic rings. The zero-order chi connectivity index (χ0) is 11.5. The maximum Gasteiger partial charge on any atom is 0.131 e. The van der Waals surface area contributed by atoms with E-state index in [-0.39, 0.29) is 0 Å². The summed E-state index contributed by atoms with van der Waals surface area (Å²) in [6.45, 7) is 7.09. The minimum absolute atomic E-state index is 0.378. The highest BCUT2D eigenvalue weighted by Gasteiger charge is 2.08. The fraction of sp³-hybridized carbons (Fsp3) is 0.455. The van der Waals surface area contributed by atoms with Crippen LogP contribution in [-0.4, -0.2) is 10.2 Å². The highest BCUT2D eigenvalue weighted by Crippen LogP contribution is 2.22. The van der Waals surface area contributed by atoms with Gasteiger partial charge < -0.3 is 5.32 Å². The first-order valence-corrected chi connectivity index (χ1v) is 6.87. The molecule has 1 unspecified atom stereocenters. The van der Waals surface area contributed by atoms with Crippen LogP contribution in [0.3, 0.4) is 0 Å². The molecule has 0 bridgehead atoms. The second-order valence-corrected chi connectivity index (χ2v) is 6.35. The average molecular weight is 253 g/mol. The second kappa shape index (κ2) is 5.03. The summed E-state index contributed by atoms with van der Waals surface area (Å²) >= 11 is 3.49. The Morgan fingerprint density at radius 3 is 2.62 bits per heavy atom. The SMILES string of the molecule is Cc1ccc(C(C)NCc2nnc(C)s2)s1. The Hall–Kier alpha value is -0.780. The second-order valence-electron chi connectivity index (χ2n) is 3.77. The van der Waals surface area contributed by atoms with Crippen molar-refractivity contribution in [2.75, 3.05) is 0 Å². The standard InChI is InChI=1S/C11H15N3S2/c1-7-4-5-10(15-7)8(2)12-6-11-14-13-9(3)16-11/h4-5,8,12H,6H2,1-3H3. The lowest BCUT2D eigenvalue weighted by atomic mass is 10.3. The Morgan fingerprint density at radius 2 is 2.06 bits per heavy atom. The van der Waals surface area contributed by atoms with Gasteiger partial charge in [-0.1, -0.05) is 0 Å². The summed E-state index contributed by atoms with van der Waals surface area (Å²) in [7, 11) is 0. The van der Waals surface area contributed by atoms with E-state index in [0.717, 1.165) is 16.6 Å². The van der Waals surface area contributed by atoms with Crippen molar-refractivity contribution in [2.45, 2.75) is 33.4 Å². The third kappa shape index (κ3) is 2.87. The molecule has 3 nitrogen and oxygen atoms in total. The van der Waals surface area contributed by atoms with Crippen LogP contribution in [0.5, 0.6) is 0 Å². The number of hydrogen-bond donors (Lipinski definition) is 1. The Kier molecular flexibility index (Phi) is 3.68. The molecule has 16 heavy (non-hydrogen) atoms. The summed E-state index contributed by atoms with van der Waals surface area (Å²) < 4.78 is 0. The van der Waals surface area contributed by atoms with E-state index >= 15 is 0 Å². The molecule has 86 valence electrons. The van der Waals surface area contributed by atoms with Crippen molar-refractivity contribution < 1.29 is 0 Å². The highest BCUT2D eigenvalue weighted by atomic mass is 32.1. The molecular weight excluding hydrogens is 238 g/mol. The van der Waals surface area contributed by atoms with Crippen molar-refractivity contribution in [3.8, 4) is 0 Å². The molecule has 2 aromatic heterocycles. The predicted molar refractivity (Wildman–Crippen MR) is 69.0 cm³/mol. The van der Waals surface area contributed by atoms with Crippen LogP contribution < -0.4 is 5.32 Å². The van der Waals surface area contributed by atoms with Gasteiger partial charge in [-0.15, -0.1) is 32.9 Å². The zero-order valence-electron chi connectivity index (χ0n) is 9.65. The molecule has 0 saturated carbocycles. The molecule has 2 aromatic rings. The van der Waals surface area contributed by atoms with Crippen molar-refractivity contribution >= 4 is 22.7 Å². The van der Waals surface area contributed by atoms with Crippen LogP contribution in [0.2, 0.25) is 0 Å². The monoisotopic (exact) mass is 253 g/mol. The van der Waals surface area contributed by atoms with Gasteiger partial charge in [0.15, 0.2) is 0 Å². The number of aryl methyl sites for hydroxylation is 2. The smallest absolute Gasteiger partial charge is 0.131 e. The molecule has 0 fully saturated rings. The van der Waals surface area contributed by atoms with Crippen molar-refractivity contribution in [3.63, 3.8) is 0 Å². The molecule has 2 rings (SSSR count). The zero-order valence-corrected chi connectivity index (χ0v) is 11.3. The summed E-state index contributed by atoms with van der Waals surface area (Å²) in [4.78, 5) is 2.73. The van der Waals surface area contributed by atoms with Gasteiger partial charge in [-0.3, -0.25) is 0 Å². The number of aromatic nitrogens is 2. The van der Waals surface area contributed by atoms with Gasteiger partial charge in [0.2, 0.25) is 0 Å². The minimum atomic E-state index is 0.378. The van der Waals surface area contributed by atoms with E-state index in [4.69, 9.17) is 0 Å². The summed E-state index contributed by atoms with van der Waals surface area (Å²) in [5.41, 5.74) is 0. The van der Waals surface area contributed by atoms with Gasteiger partial charge in [0.05, 0.1) is 6.54 Å². The summed E-state index contributed by atoms with van der Waals surface area (Å²) in [6.07, 6.45) is 0. The van der Waals surface area contributed by atoms with Gasteiger partial charge in [0.1, 0.15) is 10.0 Å². The van der Waals surface area contributed by atoms with Crippen LogP contribution in [0, 0.1) is 13.8 Å².